The second-order valence-electron chi connectivity index (χ2n) is 7.22. The zero-order valence-electron chi connectivity index (χ0n) is 17.6. The summed E-state index contributed by atoms with van der Waals surface area (Å²) in [6.07, 6.45) is 1.10. The molecule has 1 aliphatic rings. The van der Waals surface area contributed by atoms with Gasteiger partial charge in [0.1, 0.15) is 5.75 Å². The van der Waals surface area contributed by atoms with Crippen LogP contribution in [0.3, 0.4) is 0 Å². The van der Waals surface area contributed by atoms with E-state index in [0.29, 0.717) is 0 Å². The average molecular weight is 396 g/mol. The first-order valence-electron chi connectivity index (χ1n) is 10.4. The van der Waals surface area contributed by atoms with Gasteiger partial charge < -0.3 is 20.3 Å². The average Bonchev–Trinajstić information content (AvgIpc) is 2.79. The van der Waals surface area contributed by atoms with Crippen molar-refractivity contribution in [2.24, 2.45) is 4.99 Å². The monoisotopic (exact) mass is 395 g/mol. The van der Waals surface area contributed by atoms with Crippen molar-refractivity contribution in [3.05, 3.63) is 60.2 Å². The number of guanidine groups is 1. The minimum Gasteiger partial charge on any atom is -0.497 e. The Bertz CT molecular complexity index is 757. The van der Waals surface area contributed by atoms with Gasteiger partial charge in [0.15, 0.2) is 5.96 Å². The number of methoxy groups -OCH3 is 1. The molecule has 6 heteroatoms. The van der Waals surface area contributed by atoms with E-state index in [4.69, 9.17) is 4.74 Å². The number of nitrogens with one attached hydrogen (secondary N) is 2. The summed E-state index contributed by atoms with van der Waals surface area (Å²) in [5.41, 5.74) is 2.50. The summed E-state index contributed by atoms with van der Waals surface area (Å²) in [4.78, 5) is 9.34. The Hall–Kier alpha value is -2.73. The van der Waals surface area contributed by atoms with Crippen LogP contribution >= 0.6 is 0 Å². The van der Waals surface area contributed by atoms with Crippen LogP contribution in [0.1, 0.15) is 12.0 Å². The van der Waals surface area contributed by atoms with Crippen LogP contribution in [0.2, 0.25) is 0 Å². The van der Waals surface area contributed by atoms with Crippen molar-refractivity contribution in [2.75, 3.05) is 58.3 Å². The molecule has 1 fully saturated rings. The van der Waals surface area contributed by atoms with Gasteiger partial charge in [-0.25, -0.2) is 0 Å². The highest BCUT2D eigenvalue weighted by atomic mass is 16.5. The Balaban J connectivity index is 1.31. The number of ether oxygens (including phenoxy) is 1. The molecule has 0 saturated carbocycles. The van der Waals surface area contributed by atoms with Crippen molar-refractivity contribution in [2.45, 2.75) is 13.0 Å². The molecule has 156 valence electrons. The Labute approximate surface area is 174 Å². The van der Waals surface area contributed by atoms with E-state index < -0.39 is 0 Å². The fourth-order valence-electron chi connectivity index (χ4n) is 3.57. The molecule has 1 saturated heterocycles. The van der Waals surface area contributed by atoms with Gasteiger partial charge in [0, 0.05) is 52.0 Å². The lowest BCUT2D eigenvalue weighted by Crippen LogP contribution is -2.47. The fraction of sp³-hybridized carbons (Fsp3) is 0.435. The van der Waals surface area contributed by atoms with Gasteiger partial charge in [0.05, 0.1) is 7.11 Å². The molecule has 29 heavy (non-hydrogen) atoms. The zero-order chi connectivity index (χ0) is 20.3. The van der Waals surface area contributed by atoms with Crippen LogP contribution in [-0.2, 0) is 6.54 Å². The molecule has 1 aliphatic heterocycles. The molecule has 0 bridgehead atoms. The number of aliphatic imine (C=N–C) groups is 1. The number of rotatable bonds is 8. The number of piperazine rings is 1. The summed E-state index contributed by atoms with van der Waals surface area (Å²) in [6.45, 7) is 7.19. The molecule has 2 aromatic rings. The van der Waals surface area contributed by atoms with E-state index in [2.05, 4.69) is 61.8 Å². The van der Waals surface area contributed by atoms with E-state index in [-0.39, 0.29) is 0 Å². The summed E-state index contributed by atoms with van der Waals surface area (Å²) in [5.74, 6) is 1.71. The quantitative estimate of drug-likeness (QED) is 0.409. The smallest absolute Gasteiger partial charge is 0.191 e. The summed E-state index contributed by atoms with van der Waals surface area (Å²) >= 11 is 0. The van der Waals surface area contributed by atoms with Gasteiger partial charge >= 0.3 is 0 Å². The topological polar surface area (TPSA) is 52.1 Å². The molecule has 0 amide bonds. The minimum absolute atomic E-state index is 0.721. The van der Waals surface area contributed by atoms with Gasteiger partial charge in [-0.05, 0) is 42.8 Å². The third-order valence-corrected chi connectivity index (χ3v) is 5.25. The van der Waals surface area contributed by atoms with Crippen molar-refractivity contribution in [3.8, 4) is 5.75 Å². The molecular formula is C23H33N5O. The van der Waals surface area contributed by atoms with Crippen LogP contribution in [-0.4, -0.2) is 64.3 Å². The first-order valence-corrected chi connectivity index (χ1v) is 10.4. The first-order chi connectivity index (χ1) is 14.3. The van der Waals surface area contributed by atoms with Gasteiger partial charge in [0.2, 0.25) is 0 Å². The lowest BCUT2D eigenvalue weighted by Gasteiger charge is -2.36. The lowest BCUT2D eigenvalue weighted by molar-refractivity contribution is 0.255. The molecule has 0 aromatic heterocycles. The number of hydrogen-bond acceptors (Lipinski definition) is 4. The molecule has 0 spiro atoms. The maximum absolute atomic E-state index is 5.28. The lowest BCUT2D eigenvalue weighted by atomic mass is 10.2. The van der Waals surface area contributed by atoms with Crippen molar-refractivity contribution < 1.29 is 4.74 Å². The van der Waals surface area contributed by atoms with E-state index in [0.717, 1.165) is 63.9 Å². The van der Waals surface area contributed by atoms with Gasteiger partial charge in [-0.15, -0.1) is 0 Å². The summed E-state index contributed by atoms with van der Waals surface area (Å²) in [6, 6.07) is 18.8. The van der Waals surface area contributed by atoms with E-state index in [1.165, 1.54) is 11.3 Å². The van der Waals surface area contributed by atoms with E-state index >= 15 is 0 Å². The fourth-order valence-corrected chi connectivity index (χ4v) is 3.57. The molecule has 1 heterocycles. The Morgan fingerprint density at radius 2 is 1.79 bits per heavy atom. The van der Waals surface area contributed by atoms with Crippen LogP contribution in [0.25, 0.3) is 0 Å². The van der Waals surface area contributed by atoms with Crippen molar-refractivity contribution in [3.63, 3.8) is 0 Å². The molecule has 3 rings (SSSR count). The van der Waals surface area contributed by atoms with E-state index in [1.54, 1.807) is 7.11 Å². The highest BCUT2D eigenvalue weighted by molar-refractivity contribution is 5.79. The Morgan fingerprint density at radius 1 is 1.00 bits per heavy atom. The maximum Gasteiger partial charge on any atom is 0.191 e. The number of anilines is 1. The summed E-state index contributed by atoms with van der Waals surface area (Å²) < 4.78 is 5.28. The molecule has 0 radical (unpaired) electrons. The van der Waals surface area contributed by atoms with Crippen LogP contribution < -0.4 is 20.3 Å². The third-order valence-electron chi connectivity index (χ3n) is 5.25. The second-order valence-corrected chi connectivity index (χ2v) is 7.22. The van der Waals surface area contributed by atoms with Crippen molar-refractivity contribution >= 4 is 11.6 Å². The van der Waals surface area contributed by atoms with E-state index in [9.17, 15) is 0 Å². The van der Waals surface area contributed by atoms with Crippen LogP contribution in [0.15, 0.2) is 59.6 Å². The Kier molecular flexibility index (Phi) is 8.19. The highest BCUT2D eigenvalue weighted by Gasteiger charge is 2.16. The SMILES string of the molecule is CN=C(NCCCN1CCN(c2ccccc2)CC1)NCc1cccc(OC)c1. The van der Waals surface area contributed by atoms with Gasteiger partial charge in [-0.3, -0.25) is 9.89 Å². The van der Waals surface area contributed by atoms with Crippen molar-refractivity contribution in [1.82, 2.24) is 15.5 Å². The minimum atomic E-state index is 0.721. The molecule has 6 nitrogen and oxygen atoms in total. The number of nitrogens with zero attached hydrogens (tertiary/aromatic N) is 3. The molecule has 2 N–H and O–H groups in total. The van der Waals surface area contributed by atoms with Crippen LogP contribution in [0.5, 0.6) is 5.75 Å². The molecule has 0 unspecified atom stereocenters. The normalized spacial score (nSPS) is 15.2. The van der Waals surface area contributed by atoms with Gasteiger partial charge in [-0.2, -0.15) is 0 Å². The maximum atomic E-state index is 5.28. The Morgan fingerprint density at radius 3 is 2.52 bits per heavy atom. The number of benzene rings is 2. The predicted octanol–water partition coefficient (Wildman–Crippen LogP) is 2.57. The second kappa shape index (κ2) is 11.3. The highest BCUT2D eigenvalue weighted by Crippen LogP contribution is 2.15. The summed E-state index contributed by atoms with van der Waals surface area (Å²) in [5, 5.41) is 6.78. The molecule has 0 aliphatic carbocycles. The predicted molar refractivity (Wildman–Crippen MR) is 121 cm³/mol. The van der Waals surface area contributed by atoms with E-state index in [1.807, 2.05) is 25.2 Å². The molecular weight excluding hydrogens is 362 g/mol. The zero-order valence-corrected chi connectivity index (χ0v) is 17.6. The van der Waals surface area contributed by atoms with Crippen LogP contribution in [0.4, 0.5) is 5.69 Å². The molecule has 0 atom stereocenters. The molecule has 2 aromatic carbocycles. The number of para-hydroxylation sites is 1. The van der Waals surface area contributed by atoms with Gasteiger partial charge in [-0.1, -0.05) is 30.3 Å². The largest absolute Gasteiger partial charge is 0.497 e. The third kappa shape index (κ3) is 6.68. The summed E-state index contributed by atoms with van der Waals surface area (Å²) in [7, 11) is 3.50. The standard InChI is InChI=1S/C23H33N5O/c1-24-23(26-19-20-8-6-11-22(18-20)29-2)25-12-7-13-27-14-16-28(17-15-27)21-9-4-3-5-10-21/h3-6,8-11,18H,7,12-17,19H2,1-2H3,(H2,24,25,26). The van der Waals surface area contributed by atoms with Crippen molar-refractivity contribution in [1.29, 1.82) is 0 Å². The first kappa shape index (κ1) is 21.0. The van der Waals surface area contributed by atoms with Crippen LogP contribution in [0, 0.1) is 0 Å². The van der Waals surface area contributed by atoms with Gasteiger partial charge in [0.25, 0.3) is 0 Å². The number of hydrogen-bond donors (Lipinski definition) is 2.